The van der Waals surface area contributed by atoms with Gasteiger partial charge >= 0.3 is 0 Å². The number of hydrogen-bond donors (Lipinski definition) is 0. The highest BCUT2D eigenvalue weighted by Gasteiger charge is 2.11. The summed E-state index contributed by atoms with van der Waals surface area (Å²) in [6, 6.07) is 3.38. The van der Waals surface area contributed by atoms with E-state index in [1.165, 1.54) is 6.04 Å². The van der Waals surface area contributed by atoms with Gasteiger partial charge < -0.3 is 4.74 Å². The Balaban J connectivity index is 3.07. The number of hydrogen-bond acceptors (Lipinski definition) is 2. The monoisotopic (exact) mass is 185 g/mol. The van der Waals surface area contributed by atoms with E-state index in [0.29, 0.717) is 13.0 Å². The van der Waals surface area contributed by atoms with Crippen molar-refractivity contribution in [2.75, 3.05) is 13.2 Å². The van der Waals surface area contributed by atoms with Crippen LogP contribution < -0.4 is 0 Å². The molecule has 0 saturated carbocycles. The molecule has 70 valence electrons. The van der Waals surface area contributed by atoms with E-state index in [2.05, 4.69) is 25.7 Å². The highest BCUT2D eigenvalue weighted by Crippen LogP contribution is 2.10. The number of nitriles is 1. The molecule has 0 bridgehead atoms. The van der Waals surface area contributed by atoms with E-state index in [0.717, 1.165) is 13.0 Å². The van der Waals surface area contributed by atoms with Crippen LogP contribution in [0.15, 0.2) is 0 Å². The SMILES string of the molecule is C[Si](C)(C)CCCOCCC#N. The Morgan fingerprint density at radius 1 is 1.25 bits per heavy atom. The molecule has 0 rings (SSSR count). The van der Waals surface area contributed by atoms with Crippen LogP contribution in [0.2, 0.25) is 25.7 Å². The average molecular weight is 185 g/mol. The molecule has 0 aromatic heterocycles. The maximum atomic E-state index is 8.23. The summed E-state index contributed by atoms with van der Waals surface area (Å²) in [5, 5.41) is 8.23. The smallest absolute Gasteiger partial charge is 0.0645 e. The van der Waals surface area contributed by atoms with Gasteiger partial charge in [0.15, 0.2) is 0 Å². The summed E-state index contributed by atoms with van der Waals surface area (Å²) in [6.45, 7) is 8.51. The van der Waals surface area contributed by atoms with Crippen LogP contribution in [0.4, 0.5) is 0 Å². The summed E-state index contributed by atoms with van der Waals surface area (Å²) in [6.07, 6.45) is 1.67. The van der Waals surface area contributed by atoms with Crippen molar-refractivity contribution in [1.29, 1.82) is 5.26 Å². The first-order valence-corrected chi connectivity index (χ1v) is 8.22. The lowest BCUT2D eigenvalue weighted by Crippen LogP contribution is -2.19. The molecule has 0 aliphatic rings. The molecule has 0 amide bonds. The molecule has 0 aromatic carbocycles. The fourth-order valence-electron chi connectivity index (χ4n) is 0.924. The quantitative estimate of drug-likeness (QED) is 0.471. The molecule has 0 unspecified atom stereocenters. The van der Waals surface area contributed by atoms with E-state index in [-0.39, 0.29) is 0 Å². The summed E-state index contributed by atoms with van der Waals surface area (Å²) in [4.78, 5) is 0. The predicted octanol–water partition coefficient (Wildman–Crippen LogP) is 2.64. The molecule has 0 N–H and O–H groups in total. The van der Waals surface area contributed by atoms with Crippen molar-refractivity contribution in [3.63, 3.8) is 0 Å². The van der Waals surface area contributed by atoms with Crippen LogP contribution in [-0.4, -0.2) is 21.3 Å². The molecule has 0 aliphatic carbocycles. The van der Waals surface area contributed by atoms with Crippen molar-refractivity contribution in [1.82, 2.24) is 0 Å². The molecule has 2 nitrogen and oxygen atoms in total. The van der Waals surface area contributed by atoms with Gasteiger partial charge in [-0.05, 0) is 6.42 Å². The Kier molecular flexibility index (Phi) is 6.04. The molecule has 12 heavy (non-hydrogen) atoms. The highest BCUT2D eigenvalue weighted by molar-refractivity contribution is 6.76. The van der Waals surface area contributed by atoms with Crippen molar-refractivity contribution in [3.8, 4) is 6.07 Å². The summed E-state index contributed by atoms with van der Waals surface area (Å²) >= 11 is 0. The Morgan fingerprint density at radius 3 is 2.42 bits per heavy atom. The number of nitrogens with zero attached hydrogens (tertiary/aromatic N) is 1. The maximum Gasteiger partial charge on any atom is 0.0645 e. The van der Waals surface area contributed by atoms with Gasteiger partial charge in [0, 0.05) is 14.7 Å². The Hall–Kier alpha value is -0.333. The normalized spacial score (nSPS) is 11.2. The van der Waals surface area contributed by atoms with E-state index in [1.807, 2.05) is 0 Å². The summed E-state index contributed by atoms with van der Waals surface area (Å²) in [5.74, 6) is 0. The minimum atomic E-state index is -0.871. The van der Waals surface area contributed by atoms with Crippen molar-refractivity contribution < 1.29 is 4.74 Å². The van der Waals surface area contributed by atoms with Crippen molar-refractivity contribution in [2.24, 2.45) is 0 Å². The van der Waals surface area contributed by atoms with Gasteiger partial charge in [-0.3, -0.25) is 0 Å². The average Bonchev–Trinajstić information content (AvgIpc) is 1.94. The standard InChI is InChI=1S/C9H19NOSi/c1-12(2,3)9-5-8-11-7-4-6-10/h4-5,7-9H2,1-3H3. The van der Waals surface area contributed by atoms with Gasteiger partial charge in [-0.15, -0.1) is 0 Å². The fraction of sp³-hybridized carbons (Fsp3) is 0.889. The second kappa shape index (κ2) is 6.21. The largest absolute Gasteiger partial charge is 0.380 e. The first-order chi connectivity index (χ1) is 5.56. The Labute approximate surface area is 76.5 Å². The first-order valence-electron chi connectivity index (χ1n) is 4.51. The predicted molar refractivity (Wildman–Crippen MR) is 53.8 cm³/mol. The highest BCUT2D eigenvalue weighted by atomic mass is 28.3. The molecule has 0 aromatic rings. The molecular formula is C9H19NOSi. The van der Waals surface area contributed by atoms with Crippen molar-refractivity contribution in [3.05, 3.63) is 0 Å². The third-order valence-corrected chi connectivity index (χ3v) is 3.43. The van der Waals surface area contributed by atoms with Gasteiger partial charge in [-0.2, -0.15) is 5.26 Å². The number of ether oxygens (including phenoxy) is 1. The zero-order chi connectivity index (χ0) is 9.45. The molecule has 3 heteroatoms. The first kappa shape index (κ1) is 11.7. The van der Waals surface area contributed by atoms with E-state index in [4.69, 9.17) is 10.00 Å². The van der Waals surface area contributed by atoms with Gasteiger partial charge in [0.05, 0.1) is 19.1 Å². The summed E-state index contributed by atoms with van der Waals surface area (Å²) in [7, 11) is -0.871. The molecule has 0 heterocycles. The van der Waals surface area contributed by atoms with Gasteiger partial charge in [0.1, 0.15) is 0 Å². The van der Waals surface area contributed by atoms with E-state index in [9.17, 15) is 0 Å². The van der Waals surface area contributed by atoms with Gasteiger partial charge in [0.2, 0.25) is 0 Å². The third-order valence-electron chi connectivity index (χ3n) is 1.57. The van der Waals surface area contributed by atoms with Gasteiger partial charge in [-0.25, -0.2) is 0 Å². The second-order valence-electron chi connectivity index (χ2n) is 4.18. The van der Waals surface area contributed by atoms with Crippen molar-refractivity contribution >= 4 is 8.07 Å². The van der Waals surface area contributed by atoms with Crippen LogP contribution in [0.3, 0.4) is 0 Å². The third kappa shape index (κ3) is 9.67. The lowest BCUT2D eigenvalue weighted by Gasteiger charge is -2.14. The van der Waals surface area contributed by atoms with E-state index >= 15 is 0 Å². The lowest BCUT2D eigenvalue weighted by atomic mass is 10.5. The molecule has 0 spiro atoms. The number of rotatable bonds is 6. The molecule has 0 saturated heterocycles. The maximum absolute atomic E-state index is 8.23. The zero-order valence-corrected chi connectivity index (χ0v) is 9.39. The Bertz CT molecular complexity index is 146. The molecule has 0 radical (unpaired) electrons. The van der Waals surface area contributed by atoms with E-state index < -0.39 is 8.07 Å². The minimum Gasteiger partial charge on any atom is -0.380 e. The topological polar surface area (TPSA) is 33.0 Å². The van der Waals surface area contributed by atoms with Crippen molar-refractivity contribution in [2.45, 2.75) is 38.5 Å². The van der Waals surface area contributed by atoms with Gasteiger partial charge in [-0.1, -0.05) is 25.7 Å². The molecular weight excluding hydrogens is 166 g/mol. The molecule has 0 aliphatic heterocycles. The van der Waals surface area contributed by atoms with Gasteiger partial charge in [0.25, 0.3) is 0 Å². The van der Waals surface area contributed by atoms with Crippen LogP contribution in [0, 0.1) is 11.3 Å². The summed E-state index contributed by atoms with van der Waals surface area (Å²) in [5.41, 5.74) is 0. The van der Waals surface area contributed by atoms with Crippen LogP contribution in [0.25, 0.3) is 0 Å². The molecule has 0 atom stereocenters. The van der Waals surface area contributed by atoms with Crippen LogP contribution >= 0.6 is 0 Å². The fourth-order valence-corrected chi connectivity index (χ4v) is 2.13. The Morgan fingerprint density at radius 2 is 1.92 bits per heavy atom. The van der Waals surface area contributed by atoms with Crippen LogP contribution in [-0.2, 0) is 4.74 Å². The van der Waals surface area contributed by atoms with Crippen LogP contribution in [0.5, 0.6) is 0 Å². The summed E-state index contributed by atoms with van der Waals surface area (Å²) < 4.78 is 5.27. The molecule has 0 fully saturated rings. The zero-order valence-electron chi connectivity index (χ0n) is 8.39. The second-order valence-corrected chi connectivity index (χ2v) is 9.81. The van der Waals surface area contributed by atoms with E-state index in [1.54, 1.807) is 0 Å². The van der Waals surface area contributed by atoms with Crippen LogP contribution in [0.1, 0.15) is 12.8 Å². The lowest BCUT2D eigenvalue weighted by molar-refractivity contribution is 0.140. The minimum absolute atomic E-state index is 0.521.